The Morgan fingerprint density at radius 1 is 1.36 bits per heavy atom. The van der Waals surface area contributed by atoms with Crippen molar-refractivity contribution in [3.63, 3.8) is 0 Å². The maximum atomic E-state index is 11.2. The molecule has 2 heterocycles. The average Bonchev–Trinajstić information content (AvgIpc) is 2.44. The number of rotatable bonds is 1. The first kappa shape index (κ1) is 8.62. The van der Waals surface area contributed by atoms with Crippen LogP contribution in [-0.4, -0.2) is 16.6 Å². The van der Waals surface area contributed by atoms with Crippen LogP contribution in [0, 0.1) is 0 Å². The highest BCUT2D eigenvalue weighted by Gasteiger charge is 2.10. The fraction of sp³-hybridized carbons (Fsp3) is 0.100. The molecule has 2 rings (SSSR count). The molecule has 0 atom stereocenters. The summed E-state index contributed by atoms with van der Waals surface area (Å²) in [7, 11) is 0. The van der Waals surface area contributed by atoms with Gasteiger partial charge in [-0.15, -0.1) is 0 Å². The lowest BCUT2D eigenvalue weighted by Gasteiger charge is -2.00. The number of pyridine rings is 1. The Hall–Kier alpha value is -1.97. The minimum Gasteiger partial charge on any atom is -0.331 e. The summed E-state index contributed by atoms with van der Waals surface area (Å²) in [5.41, 5.74) is 1.44. The summed E-state index contributed by atoms with van der Waals surface area (Å²) in [6.07, 6.45) is 5.04. The summed E-state index contributed by atoms with van der Waals surface area (Å²) in [6.45, 7) is 0. The number of carbonyl (C=O) groups excluding carboxylic acids is 1. The molecule has 0 spiro atoms. The van der Waals surface area contributed by atoms with E-state index in [2.05, 4.69) is 15.3 Å². The molecule has 1 amide bonds. The van der Waals surface area contributed by atoms with Crippen molar-refractivity contribution in [3.8, 4) is 0 Å². The summed E-state index contributed by atoms with van der Waals surface area (Å²) >= 11 is 0. The highest BCUT2D eigenvalue weighted by Crippen LogP contribution is 2.03. The molecule has 4 heteroatoms. The van der Waals surface area contributed by atoms with Gasteiger partial charge in [-0.3, -0.25) is 14.8 Å². The Bertz CT molecular complexity index is 395. The third-order valence-electron chi connectivity index (χ3n) is 1.84. The molecule has 1 N–H and O–H groups in total. The second-order valence-electron chi connectivity index (χ2n) is 2.85. The topological polar surface area (TPSA) is 54.4 Å². The van der Waals surface area contributed by atoms with Crippen LogP contribution in [0.25, 0.3) is 0 Å². The van der Waals surface area contributed by atoms with Crippen LogP contribution >= 0.6 is 0 Å². The maximum absolute atomic E-state index is 11.2. The molecule has 0 unspecified atom stereocenters. The van der Waals surface area contributed by atoms with E-state index in [4.69, 9.17) is 0 Å². The van der Waals surface area contributed by atoms with Gasteiger partial charge in [0.25, 0.3) is 0 Å². The Balaban J connectivity index is 2.30. The molecule has 1 aliphatic rings. The number of hydrogen-bond donors (Lipinski definition) is 1. The monoisotopic (exact) mass is 187 g/mol. The summed E-state index contributed by atoms with van der Waals surface area (Å²) in [4.78, 5) is 19.5. The number of amides is 1. The number of aliphatic imine (C=N–C) groups is 1. The van der Waals surface area contributed by atoms with E-state index in [1.54, 1.807) is 12.4 Å². The molecule has 0 aliphatic carbocycles. The summed E-state index contributed by atoms with van der Waals surface area (Å²) < 4.78 is 0. The minimum absolute atomic E-state index is 0.0665. The summed E-state index contributed by atoms with van der Waals surface area (Å²) in [6, 6.07) is 5.54. The number of nitrogens with one attached hydrogen (secondary N) is 1. The lowest BCUT2D eigenvalue weighted by Crippen LogP contribution is -2.19. The fourth-order valence-corrected chi connectivity index (χ4v) is 1.20. The molecule has 1 aromatic rings. The van der Waals surface area contributed by atoms with Crippen LogP contribution in [0.1, 0.15) is 12.1 Å². The molecular weight excluding hydrogens is 178 g/mol. The van der Waals surface area contributed by atoms with Crippen LogP contribution in [0.4, 0.5) is 0 Å². The molecule has 0 saturated carbocycles. The van der Waals surface area contributed by atoms with Crippen LogP contribution in [0.5, 0.6) is 0 Å². The highest BCUT2D eigenvalue weighted by atomic mass is 16.1. The van der Waals surface area contributed by atoms with Crippen LogP contribution in [-0.2, 0) is 4.79 Å². The van der Waals surface area contributed by atoms with Gasteiger partial charge in [0, 0.05) is 18.6 Å². The SMILES string of the molecule is O=C1CC(c2ccccn2)=NC=CN1. The van der Waals surface area contributed by atoms with Crippen molar-refractivity contribution in [1.29, 1.82) is 0 Å². The first-order valence-electron chi connectivity index (χ1n) is 4.29. The average molecular weight is 187 g/mol. The molecule has 70 valence electrons. The van der Waals surface area contributed by atoms with Gasteiger partial charge in [0.15, 0.2) is 0 Å². The van der Waals surface area contributed by atoms with E-state index in [0.717, 1.165) is 5.69 Å². The van der Waals surface area contributed by atoms with Gasteiger partial charge >= 0.3 is 0 Å². The molecule has 0 saturated heterocycles. The molecule has 14 heavy (non-hydrogen) atoms. The van der Waals surface area contributed by atoms with Gasteiger partial charge in [-0.2, -0.15) is 0 Å². The highest BCUT2D eigenvalue weighted by molar-refractivity contribution is 6.10. The molecule has 1 aromatic heterocycles. The van der Waals surface area contributed by atoms with Crippen LogP contribution in [0.2, 0.25) is 0 Å². The molecular formula is C10H9N3O. The Kier molecular flexibility index (Phi) is 2.36. The molecule has 0 aromatic carbocycles. The largest absolute Gasteiger partial charge is 0.331 e. The van der Waals surface area contributed by atoms with Crippen molar-refractivity contribution >= 4 is 11.6 Å². The van der Waals surface area contributed by atoms with Crippen molar-refractivity contribution in [2.24, 2.45) is 4.99 Å². The molecule has 0 radical (unpaired) electrons. The number of carbonyl (C=O) groups is 1. The van der Waals surface area contributed by atoms with E-state index in [-0.39, 0.29) is 12.3 Å². The molecule has 1 aliphatic heterocycles. The third kappa shape index (κ3) is 1.85. The standard InChI is InChI=1S/C10H9N3O/c14-10-7-9(12-5-6-13-10)8-3-1-2-4-11-8/h1-6H,7H2,(H,13,14). The van der Waals surface area contributed by atoms with Crippen molar-refractivity contribution in [1.82, 2.24) is 10.3 Å². The lowest BCUT2D eigenvalue weighted by atomic mass is 10.2. The smallest absolute Gasteiger partial charge is 0.230 e. The van der Waals surface area contributed by atoms with Crippen molar-refractivity contribution in [3.05, 3.63) is 42.5 Å². The van der Waals surface area contributed by atoms with Crippen LogP contribution < -0.4 is 5.32 Å². The summed E-state index contributed by atoms with van der Waals surface area (Å²) in [5.74, 6) is -0.0665. The van der Waals surface area contributed by atoms with Gasteiger partial charge in [0.1, 0.15) is 0 Å². The van der Waals surface area contributed by atoms with E-state index in [1.165, 1.54) is 6.20 Å². The first-order valence-corrected chi connectivity index (χ1v) is 4.29. The number of hydrogen-bond acceptors (Lipinski definition) is 3. The van der Waals surface area contributed by atoms with Gasteiger partial charge in [-0.1, -0.05) is 6.07 Å². The van der Waals surface area contributed by atoms with Gasteiger partial charge in [-0.25, -0.2) is 0 Å². The molecule has 0 bridgehead atoms. The van der Waals surface area contributed by atoms with Gasteiger partial charge in [-0.05, 0) is 12.1 Å². The van der Waals surface area contributed by atoms with E-state index >= 15 is 0 Å². The zero-order valence-corrected chi connectivity index (χ0v) is 7.47. The predicted molar refractivity (Wildman–Crippen MR) is 52.7 cm³/mol. The Labute approximate surface area is 81.4 Å². The maximum Gasteiger partial charge on any atom is 0.230 e. The number of nitrogens with zero attached hydrogens (tertiary/aromatic N) is 2. The predicted octanol–water partition coefficient (Wildman–Crippen LogP) is 0.862. The van der Waals surface area contributed by atoms with Crippen molar-refractivity contribution < 1.29 is 4.79 Å². The van der Waals surface area contributed by atoms with E-state index in [1.807, 2.05) is 18.2 Å². The van der Waals surface area contributed by atoms with Gasteiger partial charge in [0.05, 0.1) is 17.8 Å². The number of aromatic nitrogens is 1. The van der Waals surface area contributed by atoms with Crippen molar-refractivity contribution in [2.75, 3.05) is 0 Å². The van der Waals surface area contributed by atoms with E-state index < -0.39 is 0 Å². The minimum atomic E-state index is -0.0665. The summed E-state index contributed by atoms with van der Waals surface area (Å²) in [5, 5.41) is 2.58. The lowest BCUT2D eigenvalue weighted by molar-refractivity contribution is -0.118. The third-order valence-corrected chi connectivity index (χ3v) is 1.84. The second kappa shape index (κ2) is 3.83. The van der Waals surface area contributed by atoms with E-state index in [0.29, 0.717) is 5.71 Å². The second-order valence-corrected chi connectivity index (χ2v) is 2.85. The first-order chi connectivity index (χ1) is 6.86. The van der Waals surface area contributed by atoms with Gasteiger partial charge < -0.3 is 5.32 Å². The van der Waals surface area contributed by atoms with E-state index in [9.17, 15) is 4.79 Å². The normalized spacial score (nSPS) is 15.7. The van der Waals surface area contributed by atoms with Crippen LogP contribution in [0.3, 0.4) is 0 Å². The Morgan fingerprint density at radius 3 is 3.07 bits per heavy atom. The fourth-order valence-electron chi connectivity index (χ4n) is 1.20. The molecule has 0 fully saturated rings. The zero-order chi connectivity index (χ0) is 9.80. The van der Waals surface area contributed by atoms with Gasteiger partial charge in [0.2, 0.25) is 5.91 Å². The van der Waals surface area contributed by atoms with Crippen molar-refractivity contribution in [2.45, 2.75) is 6.42 Å². The Morgan fingerprint density at radius 2 is 2.29 bits per heavy atom. The zero-order valence-electron chi connectivity index (χ0n) is 7.47. The quantitative estimate of drug-likeness (QED) is 0.709. The van der Waals surface area contributed by atoms with Crippen LogP contribution in [0.15, 0.2) is 41.8 Å². The molecule has 4 nitrogen and oxygen atoms in total.